The molecule has 2 aromatic carbocycles. The molecular formula is C29H40N4O4. The first-order valence-electron chi connectivity index (χ1n) is 13.2. The topological polar surface area (TPSA) is 116 Å². The van der Waals surface area contributed by atoms with Crippen LogP contribution in [-0.2, 0) is 29.1 Å². The zero-order chi connectivity index (χ0) is 26.6. The molecule has 1 aliphatic carbocycles. The van der Waals surface area contributed by atoms with E-state index >= 15 is 0 Å². The van der Waals surface area contributed by atoms with Crippen molar-refractivity contribution in [3.8, 4) is 0 Å². The highest BCUT2D eigenvalue weighted by atomic mass is 16.4. The van der Waals surface area contributed by atoms with Gasteiger partial charge < -0.3 is 16.2 Å². The van der Waals surface area contributed by atoms with Crippen LogP contribution in [0.5, 0.6) is 0 Å². The number of nitrogens with one attached hydrogen (secondary N) is 1. The number of nitrogens with two attached hydrogens (primary N) is 1. The van der Waals surface area contributed by atoms with E-state index in [9.17, 15) is 19.5 Å². The third-order valence-corrected chi connectivity index (χ3v) is 7.16. The molecule has 1 aliphatic rings. The van der Waals surface area contributed by atoms with E-state index in [0.29, 0.717) is 25.3 Å². The van der Waals surface area contributed by atoms with E-state index in [1.807, 2.05) is 54.6 Å². The maximum atomic E-state index is 13.9. The molecule has 0 radical (unpaired) electrons. The molecule has 0 aromatic heterocycles. The Morgan fingerprint density at radius 3 is 2.24 bits per heavy atom. The van der Waals surface area contributed by atoms with Gasteiger partial charge in [-0.1, -0.05) is 86.7 Å². The molecule has 3 rings (SSSR count). The number of aliphatic carboxylic acids is 1. The highest BCUT2D eigenvalue weighted by molar-refractivity contribution is 5.97. The van der Waals surface area contributed by atoms with Gasteiger partial charge in [-0.05, 0) is 42.5 Å². The summed E-state index contributed by atoms with van der Waals surface area (Å²) >= 11 is 0. The Labute approximate surface area is 219 Å². The number of carbonyl (C=O) groups is 3. The summed E-state index contributed by atoms with van der Waals surface area (Å²) in [5.41, 5.74) is 8.60. The molecule has 0 spiro atoms. The fraction of sp³-hybridized carbons (Fsp3) is 0.483. The number of amides is 3. The van der Waals surface area contributed by atoms with E-state index < -0.39 is 18.0 Å². The fourth-order valence-electron chi connectivity index (χ4n) is 4.98. The maximum absolute atomic E-state index is 13.9. The van der Waals surface area contributed by atoms with Crippen LogP contribution in [0.1, 0.15) is 55.2 Å². The standard InChI is InChI=1S/C29H40N4O4/c1-32(21-27(34)35)26(18-23-10-6-3-7-11-23)28(36)33(17-16-22-8-4-2-5-9-22)29(37)31-20-25-14-12-24(19-30)13-15-25/h2,4-5,8-9,12-15,23,26H,3,6-7,10-11,16-21,30H2,1H3,(H,31,37)(H,34,35)/t26-/m1/s1. The van der Waals surface area contributed by atoms with Crippen molar-refractivity contribution in [2.75, 3.05) is 20.1 Å². The first kappa shape index (κ1) is 28.3. The number of rotatable bonds is 12. The molecule has 0 unspecified atom stereocenters. The summed E-state index contributed by atoms with van der Waals surface area (Å²) in [4.78, 5) is 41.6. The van der Waals surface area contributed by atoms with Crippen molar-refractivity contribution in [2.45, 2.75) is 64.1 Å². The van der Waals surface area contributed by atoms with Gasteiger partial charge in [-0.3, -0.25) is 19.4 Å². The van der Waals surface area contributed by atoms with Gasteiger partial charge in [0.05, 0.1) is 12.6 Å². The van der Waals surface area contributed by atoms with E-state index in [0.717, 1.165) is 42.4 Å². The number of hydrogen-bond acceptors (Lipinski definition) is 5. The number of carboxylic acid groups (broad SMARTS) is 1. The van der Waals surface area contributed by atoms with Crippen LogP contribution < -0.4 is 11.1 Å². The molecule has 0 aliphatic heterocycles. The predicted octanol–water partition coefficient (Wildman–Crippen LogP) is 3.78. The Morgan fingerprint density at radius 2 is 1.62 bits per heavy atom. The summed E-state index contributed by atoms with van der Waals surface area (Å²) < 4.78 is 0. The lowest BCUT2D eigenvalue weighted by Gasteiger charge is -2.34. The van der Waals surface area contributed by atoms with Crippen molar-refractivity contribution in [1.82, 2.24) is 15.1 Å². The number of carbonyl (C=O) groups excluding carboxylic acids is 2. The van der Waals surface area contributed by atoms with Crippen molar-refractivity contribution in [2.24, 2.45) is 11.7 Å². The van der Waals surface area contributed by atoms with Gasteiger partial charge in [0.1, 0.15) is 0 Å². The second kappa shape index (κ2) is 14.5. The Bertz CT molecular complexity index is 1010. The minimum Gasteiger partial charge on any atom is -0.480 e. The Morgan fingerprint density at radius 1 is 0.973 bits per heavy atom. The summed E-state index contributed by atoms with van der Waals surface area (Å²) in [7, 11) is 1.66. The molecule has 1 saturated carbocycles. The highest BCUT2D eigenvalue weighted by Crippen LogP contribution is 2.29. The van der Waals surface area contributed by atoms with Gasteiger partial charge >= 0.3 is 12.0 Å². The number of urea groups is 1. The van der Waals surface area contributed by atoms with Crippen LogP contribution in [0.25, 0.3) is 0 Å². The predicted molar refractivity (Wildman–Crippen MR) is 144 cm³/mol. The smallest absolute Gasteiger partial charge is 0.324 e. The van der Waals surface area contributed by atoms with Crippen LogP contribution in [0, 0.1) is 5.92 Å². The third-order valence-electron chi connectivity index (χ3n) is 7.16. The average Bonchev–Trinajstić information content (AvgIpc) is 2.91. The molecule has 0 bridgehead atoms. The SMILES string of the molecule is CN(CC(=O)O)[C@H](CC1CCCCC1)C(=O)N(CCc1ccccc1)C(=O)NCc1ccc(CN)cc1. The maximum Gasteiger partial charge on any atom is 0.324 e. The lowest BCUT2D eigenvalue weighted by molar-refractivity contribution is -0.141. The van der Waals surface area contributed by atoms with Crippen molar-refractivity contribution in [1.29, 1.82) is 0 Å². The third kappa shape index (κ3) is 8.98. The van der Waals surface area contributed by atoms with Gasteiger partial charge in [-0.2, -0.15) is 0 Å². The van der Waals surface area contributed by atoms with Crippen molar-refractivity contribution >= 4 is 17.9 Å². The monoisotopic (exact) mass is 508 g/mol. The van der Waals surface area contributed by atoms with Gasteiger partial charge in [-0.25, -0.2) is 4.79 Å². The van der Waals surface area contributed by atoms with Crippen molar-refractivity contribution in [3.63, 3.8) is 0 Å². The molecule has 0 saturated heterocycles. The average molecular weight is 509 g/mol. The minimum absolute atomic E-state index is 0.211. The van der Waals surface area contributed by atoms with E-state index in [1.165, 1.54) is 11.3 Å². The number of nitrogens with zero attached hydrogens (tertiary/aromatic N) is 2. The van der Waals surface area contributed by atoms with E-state index in [-0.39, 0.29) is 25.5 Å². The molecule has 200 valence electrons. The lowest BCUT2D eigenvalue weighted by atomic mass is 9.84. The van der Waals surface area contributed by atoms with E-state index in [2.05, 4.69) is 5.32 Å². The van der Waals surface area contributed by atoms with Gasteiger partial charge in [0.25, 0.3) is 0 Å². The number of likely N-dealkylation sites (N-methyl/N-ethyl adjacent to an activating group) is 1. The lowest BCUT2D eigenvalue weighted by Crippen LogP contribution is -2.54. The molecule has 8 nitrogen and oxygen atoms in total. The van der Waals surface area contributed by atoms with E-state index in [4.69, 9.17) is 5.73 Å². The molecule has 1 fully saturated rings. The zero-order valence-corrected chi connectivity index (χ0v) is 21.8. The van der Waals surface area contributed by atoms with Crippen LogP contribution in [0.2, 0.25) is 0 Å². The summed E-state index contributed by atoms with van der Waals surface area (Å²) in [5.74, 6) is -0.995. The summed E-state index contributed by atoms with van der Waals surface area (Å²) in [6, 6.07) is 16.2. The normalized spacial score (nSPS) is 14.8. The van der Waals surface area contributed by atoms with Crippen LogP contribution in [0.4, 0.5) is 4.79 Å². The van der Waals surface area contributed by atoms with Crippen LogP contribution in [0.3, 0.4) is 0 Å². The van der Waals surface area contributed by atoms with Crippen LogP contribution in [0.15, 0.2) is 54.6 Å². The Hall–Kier alpha value is -3.23. The zero-order valence-electron chi connectivity index (χ0n) is 21.8. The minimum atomic E-state index is -0.995. The number of carboxylic acids is 1. The molecule has 1 atom stereocenters. The summed E-state index contributed by atoms with van der Waals surface area (Å²) in [6.45, 7) is 0.672. The number of hydrogen-bond donors (Lipinski definition) is 3. The molecule has 2 aromatic rings. The Balaban J connectivity index is 1.78. The number of imide groups is 1. The number of benzene rings is 2. The second-order valence-electron chi connectivity index (χ2n) is 9.97. The van der Waals surface area contributed by atoms with Gasteiger partial charge in [-0.15, -0.1) is 0 Å². The molecule has 4 N–H and O–H groups in total. The van der Waals surface area contributed by atoms with Crippen molar-refractivity contribution in [3.05, 3.63) is 71.3 Å². The van der Waals surface area contributed by atoms with Crippen LogP contribution in [-0.4, -0.2) is 59.0 Å². The van der Waals surface area contributed by atoms with Crippen LogP contribution >= 0.6 is 0 Å². The van der Waals surface area contributed by atoms with Gasteiger partial charge in [0.2, 0.25) is 5.91 Å². The van der Waals surface area contributed by atoms with Gasteiger partial charge in [0, 0.05) is 19.6 Å². The van der Waals surface area contributed by atoms with Gasteiger partial charge in [0.15, 0.2) is 0 Å². The molecule has 0 heterocycles. The molecule has 37 heavy (non-hydrogen) atoms. The second-order valence-corrected chi connectivity index (χ2v) is 9.97. The quantitative estimate of drug-likeness (QED) is 0.402. The molecular weight excluding hydrogens is 468 g/mol. The largest absolute Gasteiger partial charge is 0.480 e. The Kier molecular flexibility index (Phi) is 11.1. The first-order chi connectivity index (χ1) is 17.9. The van der Waals surface area contributed by atoms with Crippen molar-refractivity contribution < 1.29 is 19.5 Å². The summed E-state index contributed by atoms with van der Waals surface area (Å²) in [6.07, 6.45) is 6.56. The molecule has 3 amide bonds. The fourth-order valence-corrected chi connectivity index (χ4v) is 4.98. The first-order valence-corrected chi connectivity index (χ1v) is 13.2. The van der Waals surface area contributed by atoms with E-state index in [1.54, 1.807) is 11.9 Å². The highest BCUT2D eigenvalue weighted by Gasteiger charge is 2.34. The summed E-state index contributed by atoms with van der Waals surface area (Å²) in [5, 5.41) is 12.3. The molecule has 8 heteroatoms.